The van der Waals surface area contributed by atoms with Crippen LogP contribution in [0.15, 0.2) is 28.0 Å². The second kappa shape index (κ2) is 9.38. The Morgan fingerprint density at radius 3 is 2.61 bits per heavy atom. The summed E-state index contributed by atoms with van der Waals surface area (Å²) in [5.41, 5.74) is 5.03. The molecular weight excluding hydrogens is 360 g/mol. The van der Waals surface area contributed by atoms with E-state index in [1.54, 1.807) is 25.4 Å². The molecule has 2 aromatic heterocycles. The van der Waals surface area contributed by atoms with Crippen LogP contribution < -0.4 is 21.9 Å². The van der Waals surface area contributed by atoms with E-state index in [1.165, 1.54) is 14.1 Å². The Kier molecular flexibility index (Phi) is 7.19. The number of unbranched alkanes of at least 4 members (excludes halogenated alkanes) is 1. The van der Waals surface area contributed by atoms with E-state index in [-0.39, 0.29) is 17.4 Å². The lowest BCUT2D eigenvalue weighted by Crippen LogP contribution is -2.44. The number of nitrogens with zero attached hydrogens (tertiary/aromatic N) is 4. The predicted octanol–water partition coefficient (Wildman–Crippen LogP) is 1.76. The molecule has 0 fully saturated rings. The lowest BCUT2D eigenvalue weighted by molar-refractivity contribution is -0.121. The molecule has 2 aromatic rings. The molecule has 0 saturated carbocycles. The average molecular weight is 390 g/mol. The van der Waals surface area contributed by atoms with Gasteiger partial charge < -0.3 is 10.6 Å². The van der Waals surface area contributed by atoms with Crippen molar-refractivity contribution in [1.29, 1.82) is 0 Å². The number of carbonyl (C=O) groups excluding carboxylic acids is 1. The van der Waals surface area contributed by atoms with Crippen molar-refractivity contribution in [3.63, 3.8) is 0 Å². The zero-order chi connectivity index (χ0) is 20.8. The summed E-state index contributed by atoms with van der Waals surface area (Å²) in [6.45, 7) is 8.49. The monoisotopic (exact) mass is 390 g/mol. The molecule has 28 heavy (non-hydrogen) atoms. The van der Waals surface area contributed by atoms with Crippen molar-refractivity contribution in [2.45, 2.75) is 59.5 Å². The van der Waals surface area contributed by atoms with E-state index in [4.69, 9.17) is 5.73 Å². The van der Waals surface area contributed by atoms with Gasteiger partial charge in [0.15, 0.2) is 5.69 Å². The maximum absolute atomic E-state index is 13.2. The number of carbonyl (C=O) groups is 1. The Morgan fingerprint density at radius 1 is 1.32 bits per heavy atom. The van der Waals surface area contributed by atoms with Crippen LogP contribution in [0.5, 0.6) is 0 Å². The Morgan fingerprint density at radius 2 is 2.04 bits per heavy atom. The number of hydrogen-bond donors (Lipinski definition) is 2. The Bertz CT molecular complexity index is 897. The van der Waals surface area contributed by atoms with Gasteiger partial charge in [-0.25, -0.2) is 4.79 Å². The maximum atomic E-state index is 13.2. The Balaban J connectivity index is 2.52. The highest BCUT2D eigenvalue weighted by Crippen LogP contribution is 2.22. The van der Waals surface area contributed by atoms with Crippen molar-refractivity contribution in [3.05, 3.63) is 39.3 Å². The number of amides is 1. The molecule has 0 bridgehead atoms. The zero-order valence-corrected chi connectivity index (χ0v) is 17.0. The molecule has 9 nitrogen and oxygen atoms in total. The normalized spacial score (nSPS) is 12.3. The Hall–Kier alpha value is -2.84. The molecule has 9 heteroatoms. The summed E-state index contributed by atoms with van der Waals surface area (Å²) >= 11 is 0. The largest absolute Gasteiger partial charge is 0.383 e. The van der Waals surface area contributed by atoms with Gasteiger partial charge in [0.05, 0.1) is 0 Å². The standard InChI is InChI=1S/C19H30N6O3/c1-5-6-10-24-16(20)15(17(26)22-19(24)28)23(12-8-13(2)3)18(27)14(4)25-11-7-9-21-25/h7,9,11,13-14H,5-6,8,10,12,20H2,1-4H3,(H,22,26,28). The summed E-state index contributed by atoms with van der Waals surface area (Å²) in [5.74, 6) is 0.0378. The number of hydrogen-bond acceptors (Lipinski definition) is 5. The summed E-state index contributed by atoms with van der Waals surface area (Å²) in [6.07, 6.45) is 5.57. The molecule has 2 heterocycles. The topological polar surface area (TPSA) is 119 Å². The summed E-state index contributed by atoms with van der Waals surface area (Å²) in [4.78, 5) is 41.8. The van der Waals surface area contributed by atoms with Crippen LogP contribution in [0.25, 0.3) is 0 Å². The summed E-state index contributed by atoms with van der Waals surface area (Å²) in [6, 6.07) is 1.12. The number of aromatic nitrogens is 4. The first-order valence-corrected chi connectivity index (χ1v) is 9.71. The van der Waals surface area contributed by atoms with Crippen molar-refractivity contribution in [3.8, 4) is 0 Å². The minimum absolute atomic E-state index is 0.0203. The van der Waals surface area contributed by atoms with Gasteiger partial charge in [0.25, 0.3) is 11.5 Å². The molecule has 3 N–H and O–H groups in total. The lowest BCUT2D eigenvalue weighted by atomic mass is 10.1. The van der Waals surface area contributed by atoms with Gasteiger partial charge >= 0.3 is 5.69 Å². The molecule has 0 aromatic carbocycles. The fourth-order valence-corrected chi connectivity index (χ4v) is 2.94. The first-order chi connectivity index (χ1) is 13.3. The number of aromatic amines is 1. The molecule has 0 radical (unpaired) electrons. The molecule has 0 aliphatic carbocycles. The van der Waals surface area contributed by atoms with Crippen LogP contribution in [0.3, 0.4) is 0 Å². The zero-order valence-electron chi connectivity index (χ0n) is 17.0. The number of rotatable bonds is 9. The Labute approximate surface area is 164 Å². The number of H-pyrrole nitrogens is 1. The van der Waals surface area contributed by atoms with Crippen molar-refractivity contribution in [2.75, 3.05) is 17.2 Å². The minimum Gasteiger partial charge on any atom is -0.383 e. The van der Waals surface area contributed by atoms with Crippen molar-refractivity contribution in [1.82, 2.24) is 19.3 Å². The van der Waals surface area contributed by atoms with E-state index in [0.717, 1.165) is 12.8 Å². The van der Waals surface area contributed by atoms with Gasteiger partial charge in [-0.2, -0.15) is 5.10 Å². The smallest absolute Gasteiger partial charge is 0.330 e. The molecule has 1 atom stereocenters. The molecule has 0 aliphatic heterocycles. The predicted molar refractivity (Wildman–Crippen MR) is 109 cm³/mol. The van der Waals surface area contributed by atoms with Gasteiger partial charge in [-0.3, -0.25) is 23.8 Å². The van der Waals surface area contributed by atoms with Crippen molar-refractivity contribution >= 4 is 17.4 Å². The number of nitrogens with two attached hydrogens (primary N) is 1. The lowest BCUT2D eigenvalue weighted by Gasteiger charge is -2.27. The molecule has 0 spiro atoms. The van der Waals surface area contributed by atoms with Crippen molar-refractivity contribution < 1.29 is 4.79 Å². The van der Waals surface area contributed by atoms with E-state index in [9.17, 15) is 14.4 Å². The SMILES string of the molecule is CCCCn1c(N)c(N(CCC(C)C)C(=O)C(C)n2cccn2)c(=O)[nH]c1=O. The third-order valence-electron chi connectivity index (χ3n) is 4.69. The molecule has 0 saturated heterocycles. The van der Waals surface area contributed by atoms with Crippen molar-refractivity contribution in [2.24, 2.45) is 5.92 Å². The van der Waals surface area contributed by atoms with E-state index in [1.807, 2.05) is 20.8 Å². The van der Waals surface area contributed by atoms with Gasteiger partial charge in [0.1, 0.15) is 11.9 Å². The first kappa shape index (κ1) is 21.5. The molecule has 2 rings (SSSR count). The molecule has 154 valence electrons. The van der Waals surface area contributed by atoms with Crippen LogP contribution in [0.2, 0.25) is 0 Å². The van der Waals surface area contributed by atoms with Gasteiger partial charge in [-0.05, 0) is 31.7 Å². The molecular formula is C19H30N6O3. The molecule has 1 amide bonds. The van der Waals surface area contributed by atoms with Gasteiger partial charge in [-0.1, -0.05) is 27.2 Å². The number of nitrogens with one attached hydrogen (secondary N) is 1. The highest BCUT2D eigenvalue weighted by atomic mass is 16.2. The van der Waals surface area contributed by atoms with E-state index >= 15 is 0 Å². The van der Waals surface area contributed by atoms with Gasteiger partial charge in [0, 0.05) is 25.5 Å². The second-order valence-corrected chi connectivity index (χ2v) is 7.33. The van der Waals surface area contributed by atoms with Crippen LogP contribution in [0.4, 0.5) is 11.5 Å². The highest BCUT2D eigenvalue weighted by molar-refractivity contribution is 5.97. The van der Waals surface area contributed by atoms with Crippen LogP contribution in [0.1, 0.15) is 53.0 Å². The molecule has 1 unspecified atom stereocenters. The summed E-state index contributed by atoms with van der Waals surface area (Å²) in [5, 5.41) is 4.12. The molecule has 0 aliphatic rings. The summed E-state index contributed by atoms with van der Waals surface area (Å²) in [7, 11) is 0. The van der Waals surface area contributed by atoms with Crippen LogP contribution in [-0.4, -0.2) is 31.8 Å². The van der Waals surface area contributed by atoms with Crippen LogP contribution in [-0.2, 0) is 11.3 Å². The third kappa shape index (κ3) is 4.71. The van der Waals surface area contributed by atoms with Gasteiger partial charge in [-0.15, -0.1) is 0 Å². The number of anilines is 2. The van der Waals surface area contributed by atoms with E-state index < -0.39 is 17.3 Å². The average Bonchev–Trinajstić information content (AvgIpc) is 3.17. The quantitative estimate of drug-likeness (QED) is 0.676. The third-order valence-corrected chi connectivity index (χ3v) is 4.69. The minimum atomic E-state index is -0.653. The summed E-state index contributed by atoms with van der Waals surface area (Å²) < 4.78 is 2.86. The van der Waals surface area contributed by atoms with Crippen LogP contribution >= 0.6 is 0 Å². The fourth-order valence-electron chi connectivity index (χ4n) is 2.94. The van der Waals surface area contributed by atoms with E-state index in [2.05, 4.69) is 10.1 Å². The van der Waals surface area contributed by atoms with Crippen LogP contribution in [0, 0.1) is 5.92 Å². The first-order valence-electron chi connectivity index (χ1n) is 9.71. The second-order valence-electron chi connectivity index (χ2n) is 7.33. The van der Waals surface area contributed by atoms with E-state index in [0.29, 0.717) is 25.4 Å². The van der Waals surface area contributed by atoms with Gasteiger partial charge in [0.2, 0.25) is 0 Å². The highest BCUT2D eigenvalue weighted by Gasteiger charge is 2.28. The maximum Gasteiger partial charge on any atom is 0.330 e. The fraction of sp³-hybridized carbons (Fsp3) is 0.579. The number of nitrogen functional groups attached to an aromatic ring is 1.